The fourth-order valence-electron chi connectivity index (χ4n) is 3.22. The molecule has 1 aromatic carbocycles. The highest BCUT2D eigenvalue weighted by Crippen LogP contribution is 2.24. The van der Waals surface area contributed by atoms with Gasteiger partial charge < -0.3 is 19.9 Å². The van der Waals surface area contributed by atoms with Crippen LogP contribution in [0, 0.1) is 11.8 Å². The van der Waals surface area contributed by atoms with Crippen molar-refractivity contribution in [2.24, 2.45) is 16.8 Å². The van der Waals surface area contributed by atoms with Crippen molar-refractivity contribution in [1.82, 2.24) is 10.2 Å². The number of aliphatic imine (C=N–C) groups is 1. The quantitative estimate of drug-likeness (QED) is 0.308. The molecular formula is C19H31IN4O2. The van der Waals surface area contributed by atoms with E-state index in [1.54, 1.807) is 7.05 Å². The highest BCUT2D eigenvalue weighted by Gasteiger charge is 2.36. The number of ether oxygens (including phenoxy) is 1. The molecule has 0 radical (unpaired) electrons. The number of carbonyl (C=O) groups excluding carboxylic acids is 1. The zero-order chi connectivity index (χ0) is 18.4. The molecule has 0 amide bonds. The third kappa shape index (κ3) is 5.49. The summed E-state index contributed by atoms with van der Waals surface area (Å²) in [5.74, 6) is 0.873. The topological polar surface area (TPSA) is 57.2 Å². The molecule has 1 N–H and O–H groups in total. The molecule has 2 rings (SSSR count). The minimum Gasteiger partial charge on any atom is -0.469 e. The Labute approximate surface area is 174 Å². The van der Waals surface area contributed by atoms with Crippen molar-refractivity contribution in [1.29, 1.82) is 0 Å². The number of benzene rings is 1. The van der Waals surface area contributed by atoms with E-state index in [0.29, 0.717) is 12.6 Å². The maximum Gasteiger partial charge on any atom is 0.310 e. The Morgan fingerprint density at radius 2 is 2.04 bits per heavy atom. The highest BCUT2D eigenvalue weighted by atomic mass is 127. The van der Waals surface area contributed by atoms with E-state index < -0.39 is 0 Å². The second-order valence-electron chi connectivity index (χ2n) is 6.74. The monoisotopic (exact) mass is 474 g/mol. The summed E-state index contributed by atoms with van der Waals surface area (Å²) in [6.45, 7) is 6.49. The van der Waals surface area contributed by atoms with Crippen LogP contribution in [-0.4, -0.2) is 63.7 Å². The Morgan fingerprint density at radius 1 is 1.38 bits per heavy atom. The number of guanidine groups is 1. The molecule has 0 aromatic heterocycles. The maximum atomic E-state index is 11.9. The summed E-state index contributed by atoms with van der Waals surface area (Å²) in [5.41, 5.74) is 1.19. The fourth-order valence-corrected chi connectivity index (χ4v) is 3.22. The largest absolute Gasteiger partial charge is 0.469 e. The SMILES string of the molecule is CN=C(NCC(C)N(C)c1ccccc1)N1CC(C)C(C(=O)OC)C1.I. The second kappa shape index (κ2) is 10.6. The molecule has 3 unspecified atom stereocenters. The van der Waals surface area contributed by atoms with E-state index >= 15 is 0 Å². The summed E-state index contributed by atoms with van der Waals surface area (Å²) in [6, 6.07) is 10.6. The van der Waals surface area contributed by atoms with Gasteiger partial charge in [-0.2, -0.15) is 0 Å². The third-order valence-corrected chi connectivity index (χ3v) is 5.01. The number of nitrogens with one attached hydrogen (secondary N) is 1. The number of carbonyl (C=O) groups is 1. The van der Waals surface area contributed by atoms with Crippen LogP contribution in [0.1, 0.15) is 13.8 Å². The molecule has 1 fully saturated rings. The van der Waals surface area contributed by atoms with Crippen molar-refractivity contribution in [3.63, 3.8) is 0 Å². The van der Waals surface area contributed by atoms with Crippen LogP contribution in [0.5, 0.6) is 0 Å². The van der Waals surface area contributed by atoms with Crippen LogP contribution >= 0.6 is 24.0 Å². The Bertz CT molecular complexity index is 596. The van der Waals surface area contributed by atoms with E-state index in [2.05, 4.69) is 53.1 Å². The first-order valence-electron chi connectivity index (χ1n) is 8.79. The predicted octanol–water partition coefficient (Wildman–Crippen LogP) is 2.45. The predicted molar refractivity (Wildman–Crippen MR) is 117 cm³/mol. The first-order valence-corrected chi connectivity index (χ1v) is 8.79. The number of para-hydroxylation sites is 1. The maximum absolute atomic E-state index is 11.9. The summed E-state index contributed by atoms with van der Waals surface area (Å²) >= 11 is 0. The lowest BCUT2D eigenvalue weighted by Gasteiger charge is -2.29. The van der Waals surface area contributed by atoms with Crippen molar-refractivity contribution in [2.45, 2.75) is 19.9 Å². The number of hydrogen-bond acceptors (Lipinski definition) is 4. The zero-order valence-electron chi connectivity index (χ0n) is 16.3. The number of rotatable bonds is 5. The number of nitrogens with zero attached hydrogens (tertiary/aromatic N) is 3. The smallest absolute Gasteiger partial charge is 0.310 e. The third-order valence-electron chi connectivity index (χ3n) is 5.01. The lowest BCUT2D eigenvalue weighted by Crippen LogP contribution is -2.46. The molecule has 0 saturated carbocycles. The number of likely N-dealkylation sites (N-methyl/N-ethyl adjacent to an activating group) is 1. The number of likely N-dealkylation sites (tertiary alicyclic amines) is 1. The van der Waals surface area contributed by atoms with Gasteiger partial charge in [0.1, 0.15) is 0 Å². The molecule has 0 bridgehead atoms. The minimum atomic E-state index is -0.136. The van der Waals surface area contributed by atoms with E-state index in [9.17, 15) is 4.79 Å². The van der Waals surface area contributed by atoms with Crippen molar-refractivity contribution < 1.29 is 9.53 Å². The van der Waals surface area contributed by atoms with Gasteiger partial charge in [0.15, 0.2) is 5.96 Å². The van der Waals surface area contributed by atoms with Gasteiger partial charge in [0.2, 0.25) is 0 Å². The molecule has 3 atom stereocenters. The first kappa shape index (κ1) is 22.5. The summed E-state index contributed by atoms with van der Waals surface area (Å²) < 4.78 is 4.91. The van der Waals surface area contributed by atoms with Crippen LogP contribution in [-0.2, 0) is 9.53 Å². The van der Waals surface area contributed by atoms with E-state index in [4.69, 9.17) is 4.74 Å². The summed E-state index contributed by atoms with van der Waals surface area (Å²) in [7, 11) is 5.32. The summed E-state index contributed by atoms with van der Waals surface area (Å²) in [5, 5.41) is 3.44. The van der Waals surface area contributed by atoms with Crippen molar-refractivity contribution >= 4 is 41.6 Å². The van der Waals surface area contributed by atoms with E-state index in [0.717, 1.165) is 19.0 Å². The van der Waals surface area contributed by atoms with E-state index in [-0.39, 0.29) is 41.8 Å². The van der Waals surface area contributed by atoms with Gasteiger partial charge >= 0.3 is 5.97 Å². The fraction of sp³-hybridized carbons (Fsp3) is 0.579. The molecule has 1 saturated heterocycles. The molecule has 6 nitrogen and oxygen atoms in total. The molecule has 0 spiro atoms. The van der Waals surface area contributed by atoms with Gasteiger partial charge in [0.25, 0.3) is 0 Å². The van der Waals surface area contributed by atoms with Crippen LogP contribution in [0.4, 0.5) is 5.69 Å². The Balaban J connectivity index is 0.00000338. The minimum absolute atomic E-state index is 0. The van der Waals surface area contributed by atoms with Gasteiger partial charge in [0, 0.05) is 45.5 Å². The van der Waals surface area contributed by atoms with Crippen molar-refractivity contribution in [3.05, 3.63) is 30.3 Å². The highest BCUT2D eigenvalue weighted by molar-refractivity contribution is 14.0. The van der Waals surface area contributed by atoms with Crippen LogP contribution in [0.3, 0.4) is 0 Å². The molecule has 1 aliphatic rings. The van der Waals surface area contributed by atoms with Gasteiger partial charge in [-0.1, -0.05) is 25.1 Å². The average molecular weight is 474 g/mol. The normalized spacial score (nSPS) is 21.0. The van der Waals surface area contributed by atoms with Crippen molar-refractivity contribution in [2.75, 3.05) is 45.7 Å². The standard InChI is InChI=1S/C19H30N4O2.HI/c1-14-12-23(13-17(14)18(24)25-5)19(20-3)21-11-15(2)22(4)16-9-7-6-8-10-16;/h6-10,14-15,17H,11-13H2,1-5H3,(H,20,21);1H. The zero-order valence-corrected chi connectivity index (χ0v) is 18.6. The molecule has 146 valence electrons. The van der Waals surface area contributed by atoms with Crippen LogP contribution < -0.4 is 10.2 Å². The van der Waals surface area contributed by atoms with Gasteiger partial charge in [-0.25, -0.2) is 0 Å². The average Bonchev–Trinajstić information content (AvgIpc) is 3.03. The lowest BCUT2D eigenvalue weighted by atomic mass is 9.99. The van der Waals surface area contributed by atoms with Gasteiger partial charge in [-0.3, -0.25) is 9.79 Å². The van der Waals surface area contributed by atoms with Gasteiger partial charge in [0.05, 0.1) is 13.0 Å². The number of methoxy groups -OCH3 is 1. The Hall–Kier alpha value is -1.51. The van der Waals surface area contributed by atoms with Crippen LogP contribution in [0.2, 0.25) is 0 Å². The summed E-state index contributed by atoms with van der Waals surface area (Å²) in [6.07, 6.45) is 0. The number of esters is 1. The lowest BCUT2D eigenvalue weighted by molar-refractivity contribution is -0.145. The summed E-state index contributed by atoms with van der Waals surface area (Å²) in [4.78, 5) is 20.6. The van der Waals surface area contributed by atoms with Crippen molar-refractivity contribution in [3.8, 4) is 0 Å². The number of halogens is 1. The van der Waals surface area contributed by atoms with E-state index in [1.807, 2.05) is 18.2 Å². The molecule has 0 aliphatic carbocycles. The van der Waals surface area contributed by atoms with Gasteiger partial charge in [-0.15, -0.1) is 24.0 Å². The van der Waals surface area contributed by atoms with Crippen LogP contribution in [0.15, 0.2) is 35.3 Å². The Kier molecular flexibility index (Phi) is 9.18. The van der Waals surface area contributed by atoms with E-state index in [1.165, 1.54) is 12.8 Å². The first-order chi connectivity index (χ1) is 12.0. The molecule has 7 heteroatoms. The Morgan fingerprint density at radius 3 is 2.62 bits per heavy atom. The van der Waals surface area contributed by atoms with Gasteiger partial charge in [-0.05, 0) is 25.0 Å². The number of anilines is 1. The molecule has 1 heterocycles. The van der Waals surface area contributed by atoms with Crippen LogP contribution in [0.25, 0.3) is 0 Å². The molecule has 1 aromatic rings. The molecular weight excluding hydrogens is 443 g/mol. The second-order valence-corrected chi connectivity index (χ2v) is 6.74. The molecule has 26 heavy (non-hydrogen) atoms. The molecule has 1 aliphatic heterocycles. The number of hydrogen-bond donors (Lipinski definition) is 1.